The summed E-state index contributed by atoms with van der Waals surface area (Å²) in [7, 11) is 0.578. The van der Waals surface area contributed by atoms with E-state index in [0.717, 1.165) is 78.2 Å². The van der Waals surface area contributed by atoms with Crippen molar-refractivity contribution < 1.29 is 23.1 Å². The van der Waals surface area contributed by atoms with E-state index in [1.54, 1.807) is 11.2 Å². The van der Waals surface area contributed by atoms with Crippen LogP contribution in [0.2, 0.25) is 5.02 Å². The van der Waals surface area contributed by atoms with E-state index < -0.39 is 16.1 Å². The number of amides is 1. The number of ketones is 1. The van der Waals surface area contributed by atoms with E-state index in [9.17, 15) is 23.1 Å². The number of anilines is 1. The van der Waals surface area contributed by atoms with Crippen LogP contribution < -0.4 is 5.32 Å². The molecule has 2 aromatic carbocycles. The van der Waals surface area contributed by atoms with E-state index in [1.807, 2.05) is 66.6 Å². The second kappa shape index (κ2) is 15.3. The largest absolute Gasteiger partial charge is 0.392 e. The number of aromatic nitrogens is 4. The number of benzene rings is 2. The second-order valence-corrected chi connectivity index (χ2v) is 17.4. The van der Waals surface area contributed by atoms with Crippen molar-refractivity contribution in [1.29, 1.82) is 0 Å². The first-order chi connectivity index (χ1) is 25.7. The maximum atomic E-state index is 13.8. The first-order valence-electron chi connectivity index (χ1n) is 18.6. The summed E-state index contributed by atoms with van der Waals surface area (Å²) in [6.07, 6.45) is 3.99. The lowest BCUT2D eigenvalue weighted by molar-refractivity contribution is 0.0977. The van der Waals surface area contributed by atoms with Crippen LogP contribution >= 0.6 is 11.6 Å². The highest BCUT2D eigenvalue weighted by Gasteiger charge is 2.33. The minimum absolute atomic E-state index is 0.0814. The predicted octanol–water partition coefficient (Wildman–Crippen LogP) is 3.98. The van der Waals surface area contributed by atoms with E-state index in [4.69, 9.17) is 21.6 Å². The van der Waals surface area contributed by atoms with Gasteiger partial charge in [0.25, 0.3) is 5.91 Å². The first kappa shape index (κ1) is 38.4. The van der Waals surface area contributed by atoms with Gasteiger partial charge in [-0.25, -0.2) is 22.7 Å². The number of β-amino-alcohol motifs (C(OH)–C–C–N with tert-alkyl or cyclic N) is 1. The summed E-state index contributed by atoms with van der Waals surface area (Å²) in [6, 6.07) is 11.6. The summed E-state index contributed by atoms with van der Waals surface area (Å²) < 4.78 is 29.3. The van der Waals surface area contributed by atoms with Gasteiger partial charge in [-0.2, -0.15) is 0 Å². The number of halogens is 1. The fourth-order valence-electron chi connectivity index (χ4n) is 8.38. The molecule has 0 bridgehead atoms. The molecule has 1 fully saturated rings. The van der Waals surface area contributed by atoms with E-state index in [0.29, 0.717) is 60.6 Å². The Hall–Kier alpha value is -3.92. The number of aliphatic hydroxyl groups excluding tert-OH is 1. The number of hydrogen-bond acceptors (Lipinski definition) is 9. The third kappa shape index (κ3) is 7.64. The highest BCUT2D eigenvalue weighted by Crippen LogP contribution is 2.36. The molecule has 1 atom stereocenters. The molecule has 0 spiro atoms. The lowest BCUT2D eigenvalue weighted by Crippen LogP contribution is -2.47. The monoisotopic (exact) mass is 776 g/mol. The molecular weight excluding hydrogens is 728 g/mol. The summed E-state index contributed by atoms with van der Waals surface area (Å²) in [6.45, 7) is 8.17. The van der Waals surface area contributed by atoms with Crippen LogP contribution in [-0.4, -0.2) is 110 Å². The molecule has 3 aliphatic heterocycles. The van der Waals surface area contributed by atoms with Crippen molar-refractivity contribution in [2.45, 2.75) is 71.2 Å². The van der Waals surface area contributed by atoms with Crippen molar-refractivity contribution in [2.24, 2.45) is 14.1 Å². The summed E-state index contributed by atoms with van der Waals surface area (Å²) in [4.78, 5) is 41.5. The van der Waals surface area contributed by atoms with Crippen LogP contribution in [0.1, 0.15) is 74.9 Å². The fraction of sp³-hybridized carbons (Fsp3) is 0.487. The van der Waals surface area contributed by atoms with Crippen molar-refractivity contribution in [3.8, 4) is 11.1 Å². The summed E-state index contributed by atoms with van der Waals surface area (Å²) in [5.41, 5.74) is 7.61. The Morgan fingerprint density at radius 3 is 2.26 bits per heavy atom. The molecule has 2 aromatic heterocycles. The lowest BCUT2D eigenvalue weighted by atomic mass is 9.96. The molecule has 13 nitrogen and oxygen atoms in total. The molecule has 15 heteroatoms. The number of carbonyl (C=O) groups excluding carboxylic acids is 2. The highest BCUT2D eigenvalue weighted by molar-refractivity contribution is 7.88. The Kier molecular flexibility index (Phi) is 10.9. The van der Waals surface area contributed by atoms with Gasteiger partial charge in [-0.1, -0.05) is 41.9 Å². The van der Waals surface area contributed by atoms with Crippen LogP contribution in [0, 0.1) is 6.92 Å². The molecule has 288 valence electrons. The number of nitrogens with zero attached hydrogens (tertiary/aromatic N) is 7. The topological polar surface area (TPSA) is 146 Å². The molecule has 0 saturated carbocycles. The molecule has 1 amide bonds. The Morgan fingerprint density at radius 1 is 0.926 bits per heavy atom. The standard InChI is InChI=1S/C39H49ClN8O5S/c1-24(49)21-46-16-14-33-31(22-46)42-38(45(33)4)39(51)43-30-11-7-9-28(25(30)2)29-10-6-8-26(36(29)40)20-35(50)37-41-32-23-47(17-15-34(32)44(37)3)27-12-18-48(19-13-27)54(5,52)53/h6-11,24,27,49H,12-23H2,1-5H3,(H,43,51)/t24-/m0/s1. The van der Waals surface area contributed by atoms with Crippen molar-refractivity contribution in [3.63, 3.8) is 0 Å². The molecule has 7 rings (SSSR count). The number of carbonyl (C=O) groups is 2. The van der Waals surface area contributed by atoms with Crippen LogP contribution in [0.4, 0.5) is 5.69 Å². The number of rotatable bonds is 10. The smallest absolute Gasteiger partial charge is 0.291 e. The van der Waals surface area contributed by atoms with Gasteiger partial charge in [0, 0.05) is 108 Å². The zero-order valence-corrected chi connectivity index (χ0v) is 33.2. The van der Waals surface area contributed by atoms with Gasteiger partial charge < -0.3 is 19.6 Å². The summed E-state index contributed by atoms with van der Waals surface area (Å²) >= 11 is 7.06. The Bertz CT molecular complexity index is 2210. The minimum Gasteiger partial charge on any atom is -0.392 e. The quantitative estimate of drug-likeness (QED) is 0.229. The predicted molar refractivity (Wildman–Crippen MR) is 208 cm³/mol. The number of sulfonamides is 1. The van der Waals surface area contributed by atoms with Gasteiger partial charge in [-0.3, -0.25) is 19.4 Å². The van der Waals surface area contributed by atoms with Crippen LogP contribution in [0.3, 0.4) is 0 Å². The average Bonchev–Trinajstić information content (AvgIpc) is 3.65. The molecular formula is C39H49ClN8O5S. The van der Waals surface area contributed by atoms with Gasteiger partial charge in [-0.15, -0.1) is 0 Å². The van der Waals surface area contributed by atoms with Gasteiger partial charge in [-0.05, 0) is 49.4 Å². The van der Waals surface area contributed by atoms with Crippen molar-refractivity contribution in [3.05, 3.63) is 87.0 Å². The first-order valence-corrected chi connectivity index (χ1v) is 20.8. The number of fused-ring (bicyclic) bond motifs is 2. The Balaban J connectivity index is 1.05. The number of hydrogen-bond donors (Lipinski definition) is 2. The van der Waals surface area contributed by atoms with Gasteiger partial charge in [0.1, 0.15) is 0 Å². The third-order valence-corrected chi connectivity index (χ3v) is 13.1. The van der Waals surface area contributed by atoms with Gasteiger partial charge in [0.2, 0.25) is 15.8 Å². The lowest BCUT2D eigenvalue weighted by Gasteiger charge is -2.39. The van der Waals surface area contributed by atoms with E-state index in [1.165, 1.54) is 6.26 Å². The number of imidazole rings is 2. The maximum Gasteiger partial charge on any atom is 0.291 e. The van der Waals surface area contributed by atoms with Crippen molar-refractivity contribution >= 4 is 39.0 Å². The summed E-state index contributed by atoms with van der Waals surface area (Å²) in [5, 5.41) is 13.4. The third-order valence-electron chi connectivity index (χ3n) is 11.3. The van der Waals surface area contributed by atoms with Crippen LogP contribution in [0.25, 0.3) is 11.1 Å². The molecule has 2 N–H and O–H groups in total. The normalized spacial score (nSPS) is 18.0. The number of aliphatic hydroxyl groups is 1. The molecule has 4 aromatic rings. The minimum atomic E-state index is -3.18. The van der Waals surface area contributed by atoms with Crippen LogP contribution in [-0.2, 0) is 56.5 Å². The van der Waals surface area contributed by atoms with Crippen molar-refractivity contribution in [1.82, 2.24) is 33.2 Å². The number of Topliss-reactive ketones (excluding diaryl/α,β-unsaturated/α-hetero) is 1. The highest BCUT2D eigenvalue weighted by atomic mass is 35.5. The number of nitrogens with one attached hydrogen (secondary N) is 1. The molecule has 5 heterocycles. The maximum absolute atomic E-state index is 13.8. The van der Waals surface area contributed by atoms with E-state index >= 15 is 0 Å². The molecule has 0 aliphatic carbocycles. The van der Waals surface area contributed by atoms with Crippen molar-refractivity contribution in [2.75, 3.05) is 44.3 Å². The van der Waals surface area contributed by atoms with Gasteiger partial charge >= 0.3 is 0 Å². The second-order valence-electron chi connectivity index (χ2n) is 15.0. The van der Waals surface area contributed by atoms with Crippen LogP contribution in [0.5, 0.6) is 0 Å². The Labute approximate surface area is 322 Å². The SMILES string of the molecule is Cc1c(NC(=O)c2nc3c(n2C)CCN(C[C@H](C)O)C3)cccc1-c1cccc(CC(=O)c2nc3c(n2C)CCN(C2CCN(S(C)(=O)=O)CC2)C3)c1Cl. The van der Waals surface area contributed by atoms with E-state index in [2.05, 4.69) is 15.1 Å². The number of piperidine rings is 1. The fourth-order valence-corrected chi connectivity index (χ4v) is 9.55. The molecule has 54 heavy (non-hydrogen) atoms. The zero-order chi connectivity index (χ0) is 38.5. The Morgan fingerprint density at radius 2 is 1.56 bits per heavy atom. The molecule has 1 saturated heterocycles. The van der Waals surface area contributed by atoms with Gasteiger partial charge in [0.05, 0.1) is 28.8 Å². The van der Waals surface area contributed by atoms with E-state index in [-0.39, 0.29) is 24.2 Å². The molecule has 3 aliphatic rings. The van der Waals surface area contributed by atoms with Crippen LogP contribution in [0.15, 0.2) is 36.4 Å². The molecule has 0 radical (unpaired) electrons. The summed E-state index contributed by atoms with van der Waals surface area (Å²) in [5.74, 6) is 0.310. The average molecular weight is 777 g/mol. The molecule has 0 unspecified atom stereocenters. The zero-order valence-electron chi connectivity index (χ0n) is 31.6. The van der Waals surface area contributed by atoms with Gasteiger partial charge in [0.15, 0.2) is 11.6 Å².